The number of carbonyl (C=O) groups is 2. The first-order valence-corrected chi connectivity index (χ1v) is 8.97. The first-order valence-electron chi connectivity index (χ1n) is 8.18. The highest BCUT2D eigenvalue weighted by atomic mass is 79.9. The molecule has 0 radical (unpaired) electrons. The molecule has 0 bridgehead atoms. The van der Waals surface area contributed by atoms with E-state index in [0.717, 1.165) is 12.8 Å². The van der Waals surface area contributed by atoms with Crippen molar-refractivity contribution >= 4 is 39.1 Å². The van der Waals surface area contributed by atoms with Gasteiger partial charge in [0.15, 0.2) is 16.5 Å². The van der Waals surface area contributed by atoms with Gasteiger partial charge in [-0.3, -0.25) is 9.59 Å². The van der Waals surface area contributed by atoms with Crippen LogP contribution in [-0.4, -0.2) is 24.5 Å². The summed E-state index contributed by atoms with van der Waals surface area (Å²) in [7, 11) is 0. The summed E-state index contributed by atoms with van der Waals surface area (Å²) in [6.45, 7) is 4.45. The Hall–Kier alpha value is -2.28. The van der Waals surface area contributed by atoms with Crippen LogP contribution in [0.25, 0.3) is 0 Å². The average molecular weight is 407 g/mol. The predicted octanol–water partition coefficient (Wildman–Crippen LogP) is 4.21. The number of anilines is 2. The minimum atomic E-state index is -0.509. The third-order valence-corrected chi connectivity index (χ3v) is 4.38. The maximum Gasteiger partial charge on any atom is 0.291 e. The number of hydrogen-bond acceptors (Lipinski definition) is 4. The Morgan fingerprint density at radius 2 is 2.12 bits per heavy atom. The van der Waals surface area contributed by atoms with Gasteiger partial charge in [0, 0.05) is 12.2 Å². The number of furan rings is 1. The summed E-state index contributed by atoms with van der Waals surface area (Å²) in [5, 5.41) is 2.78. The quantitative estimate of drug-likeness (QED) is 0.806. The van der Waals surface area contributed by atoms with E-state index in [2.05, 4.69) is 28.2 Å². The van der Waals surface area contributed by atoms with Crippen LogP contribution in [0.1, 0.15) is 37.2 Å². The van der Waals surface area contributed by atoms with Crippen LogP contribution >= 0.6 is 15.9 Å². The Balaban J connectivity index is 1.85. The molecule has 1 aliphatic heterocycles. The van der Waals surface area contributed by atoms with Gasteiger partial charge in [-0.05, 0) is 59.6 Å². The molecule has 0 saturated carbocycles. The molecule has 3 rings (SSSR count). The second kappa shape index (κ2) is 7.31. The lowest BCUT2D eigenvalue weighted by atomic mass is 10.1. The van der Waals surface area contributed by atoms with Gasteiger partial charge >= 0.3 is 0 Å². The first kappa shape index (κ1) is 17.5. The number of halogens is 1. The SMILES string of the molecule is CCCCN1C(=O)C(C)Oc2ccc(NC(=O)c3ccc(Br)o3)cc21. The lowest BCUT2D eigenvalue weighted by Gasteiger charge is -2.33. The van der Waals surface area contributed by atoms with Gasteiger partial charge in [-0.1, -0.05) is 13.3 Å². The molecule has 0 spiro atoms. The van der Waals surface area contributed by atoms with E-state index in [-0.39, 0.29) is 17.6 Å². The van der Waals surface area contributed by atoms with Gasteiger partial charge in [0.05, 0.1) is 5.69 Å². The van der Waals surface area contributed by atoms with E-state index in [0.29, 0.717) is 28.3 Å². The van der Waals surface area contributed by atoms with Gasteiger partial charge < -0.3 is 19.4 Å². The molecule has 2 heterocycles. The zero-order valence-electron chi connectivity index (χ0n) is 14.0. The summed E-state index contributed by atoms with van der Waals surface area (Å²) >= 11 is 3.17. The molecule has 1 aliphatic rings. The number of nitrogens with zero attached hydrogens (tertiary/aromatic N) is 1. The van der Waals surface area contributed by atoms with Crippen LogP contribution in [-0.2, 0) is 4.79 Å². The van der Waals surface area contributed by atoms with Crippen LogP contribution in [0.15, 0.2) is 39.4 Å². The van der Waals surface area contributed by atoms with E-state index in [4.69, 9.17) is 9.15 Å². The number of hydrogen-bond donors (Lipinski definition) is 1. The summed E-state index contributed by atoms with van der Waals surface area (Å²) in [6.07, 6.45) is 1.37. The minimum absolute atomic E-state index is 0.0700. The van der Waals surface area contributed by atoms with E-state index in [1.54, 1.807) is 42.2 Å². The number of amides is 2. The van der Waals surface area contributed by atoms with Gasteiger partial charge in [0.2, 0.25) is 0 Å². The molecular formula is C18H19BrN2O4. The molecule has 1 atom stereocenters. The minimum Gasteiger partial charge on any atom is -0.479 e. The molecular weight excluding hydrogens is 388 g/mol. The topological polar surface area (TPSA) is 71.8 Å². The zero-order valence-corrected chi connectivity index (χ0v) is 15.6. The number of unbranched alkanes of at least 4 members (excludes halogenated alkanes) is 1. The first-order chi connectivity index (χ1) is 12.0. The smallest absolute Gasteiger partial charge is 0.291 e. The van der Waals surface area contributed by atoms with E-state index < -0.39 is 6.10 Å². The largest absolute Gasteiger partial charge is 0.479 e. The number of rotatable bonds is 5. The Labute approximate surface area is 154 Å². The van der Waals surface area contributed by atoms with Gasteiger partial charge in [0.1, 0.15) is 5.75 Å². The molecule has 2 aromatic rings. The number of fused-ring (bicyclic) bond motifs is 1. The number of benzene rings is 1. The van der Waals surface area contributed by atoms with Crippen molar-refractivity contribution in [1.29, 1.82) is 0 Å². The molecule has 7 heteroatoms. The monoisotopic (exact) mass is 406 g/mol. The highest BCUT2D eigenvalue weighted by molar-refractivity contribution is 9.10. The summed E-state index contributed by atoms with van der Waals surface area (Å²) in [4.78, 5) is 26.4. The molecule has 0 aliphatic carbocycles. The van der Waals surface area contributed by atoms with Crippen molar-refractivity contribution in [1.82, 2.24) is 0 Å². The molecule has 1 aromatic heterocycles. The molecule has 1 aromatic carbocycles. The van der Waals surface area contributed by atoms with Crippen LogP contribution in [0.4, 0.5) is 11.4 Å². The van der Waals surface area contributed by atoms with Crippen LogP contribution < -0.4 is 15.0 Å². The molecule has 2 amide bonds. The molecule has 1 N–H and O–H groups in total. The fourth-order valence-electron chi connectivity index (χ4n) is 2.66. The lowest BCUT2D eigenvalue weighted by molar-refractivity contribution is -0.125. The summed E-state index contributed by atoms with van der Waals surface area (Å²) in [6, 6.07) is 8.51. The van der Waals surface area contributed by atoms with Gasteiger partial charge in [-0.25, -0.2) is 0 Å². The predicted molar refractivity (Wildman–Crippen MR) is 98.2 cm³/mol. The van der Waals surface area contributed by atoms with Gasteiger partial charge in [-0.2, -0.15) is 0 Å². The van der Waals surface area contributed by atoms with E-state index in [1.807, 2.05) is 0 Å². The summed E-state index contributed by atoms with van der Waals surface area (Å²) < 4.78 is 11.4. The normalized spacial score (nSPS) is 16.4. The third kappa shape index (κ3) is 3.71. The van der Waals surface area contributed by atoms with Crippen molar-refractivity contribution in [3.05, 3.63) is 40.8 Å². The third-order valence-electron chi connectivity index (χ3n) is 3.96. The van der Waals surface area contributed by atoms with Crippen molar-refractivity contribution in [2.45, 2.75) is 32.8 Å². The standard InChI is InChI=1S/C18H19BrN2O4/c1-3-4-9-21-13-10-12(5-6-14(13)24-11(2)18(21)23)20-17(22)15-7-8-16(19)25-15/h5-8,10-11H,3-4,9H2,1-2H3,(H,20,22). The Morgan fingerprint density at radius 3 is 2.80 bits per heavy atom. The fraction of sp³-hybridized carbons (Fsp3) is 0.333. The van der Waals surface area contributed by atoms with Crippen molar-refractivity contribution in [2.75, 3.05) is 16.8 Å². The number of nitrogens with one attached hydrogen (secondary N) is 1. The second-order valence-corrected chi connectivity index (χ2v) is 6.63. The molecule has 25 heavy (non-hydrogen) atoms. The highest BCUT2D eigenvalue weighted by Gasteiger charge is 2.31. The number of carbonyl (C=O) groups excluding carboxylic acids is 2. The van der Waals surface area contributed by atoms with Crippen LogP contribution in [0.5, 0.6) is 5.75 Å². The average Bonchev–Trinajstić information content (AvgIpc) is 3.02. The molecule has 1 unspecified atom stereocenters. The number of ether oxygens (including phenoxy) is 1. The highest BCUT2D eigenvalue weighted by Crippen LogP contribution is 2.36. The van der Waals surface area contributed by atoms with E-state index in [1.165, 1.54) is 0 Å². The van der Waals surface area contributed by atoms with Crippen molar-refractivity contribution < 1.29 is 18.7 Å². The van der Waals surface area contributed by atoms with Crippen LogP contribution in [0.3, 0.4) is 0 Å². The molecule has 132 valence electrons. The van der Waals surface area contributed by atoms with Crippen molar-refractivity contribution in [3.8, 4) is 5.75 Å². The maximum atomic E-state index is 12.4. The summed E-state index contributed by atoms with van der Waals surface area (Å²) in [5.74, 6) is 0.414. The molecule has 0 fully saturated rings. The Kier molecular flexibility index (Phi) is 5.13. The molecule has 0 saturated heterocycles. The summed E-state index contributed by atoms with van der Waals surface area (Å²) in [5.41, 5.74) is 1.25. The fourth-order valence-corrected chi connectivity index (χ4v) is 2.97. The van der Waals surface area contributed by atoms with Gasteiger partial charge in [-0.15, -0.1) is 0 Å². The van der Waals surface area contributed by atoms with Gasteiger partial charge in [0.25, 0.3) is 11.8 Å². The van der Waals surface area contributed by atoms with Crippen LogP contribution in [0, 0.1) is 0 Å². The van der Waals surface area contributed by atoms with Crippen molar-refractivity contribution in [2.24, 2.45) is 0 Å². The van der Waals surface area contributed by atoms with Crippen molar-refractivity contribution in [3.63, 3.8) is 0 Å². The lowest BCUT2D eigenvalue weighted by Crippen LogP contribution is -2.44. The van der Waals surface area contributed by atoms with E-state index in [9.17, 15) is 9.59 Å². The second-order valence-electron chi connectivity index (χ2n) is 5.84. The Morgan fingerprint density at radius 1 is 1.32 bits per heavy atom. The maximum absolute atomic E-state index is 12.4. The molecule has 6 nitrogen and oxygen atoms in total. The Bertz CT molecular complexity index is 802. The van der Waals surface area contributed by atoms with E-state index >= 15 is 0 Å². The van der Waals surface area contributed by atoms with Crippen LogP contribution in [0.2, 0.25) is 0 Å². The zero-order chi connectivity index (χ0) is 18.0.